The molecule has 0 radical (unpaired) electrons. The van der Waals surface area contributed by atoms with Crippen LogP contribution in [-0.4, -0.2) is 4.98 Å². The summed E-state index contributed by atoms with van der Waals surface area (Å²) in [5, 5.41) is 0. The molecular weight excluding hydrogens is 393 g/mol. The first kappa shape index (κ1) is 22.5. The van der Waals surface area contributed by atoms with Crippen LogP contribution in [0, 0.1) is 11.7 Å². The summed E-state index contributed by atoms with van der Waals surface area (Å²) in [5.41, 5.74) is 9.43. The third-order valence-electron chi connectivity index (χ3n) is 6.54. The highest BCUT2D eigenvalue weighted by Gasteiger charge is 2.34. The Bertz CT molecular complexity index is 1150. The van der Waals surface area contributed by atoms with E-state index in [1.54, 1.807) is 12.1 Å². The van der Waals surface area contributed by atoms with E-state index >= 15 is 0 Å². The molecule has 0 atom stereocenters. The molecule has 1 aliphatic rings. The second-order valence-corrected chi connectivity index (χ2v) is 10.3. The average Bonchev–Trinajstić information content (AvgIpc) is 2.86. The summed E-state index contributed by atoms with van der Waals surface area (Å²) in [5.74, 6) is 0.497. The Labute approximate surface area is 192 Å². The van der Waals surface area contributed by atoms with Crippen LogP contribution in [0.2, 0.25) is 0 Å². The molecule has 0 aliphatic heterocycles. The summed E-state index contributed by atoms with van der Waals surface area (Å²) in [4.78, 5) is 5.38. The summed E-state index contributed by atoms with van der Waals surface area (Å²) in [6, 6.07) is 15.7. The Morgan fingerprint density at radius 2 is 1.62 bits per heavy atom. The molecule has 0 amide bonds. The lowest BCUT2D eigenvalue weighted by atomic mass is 9.78. The zero-order valence-electron chi connectivity index (χ0n) is 20.2. The third-order valence-corrected chi connectivity index (χ3v) is 6.54. The molecule has 166 valence electrons. The molecule has 0 unspecified atom stereocenters. The Kier molecular flexibility index (Phi) is 6.07. The van der Waals surface area contributed by atoms with E-state index in [1.807, 2.05) is 12.1 Å². The van der Waals surface area contributed by atoms with Crippen molar-refractivity contribution in [2.24, 2.45) is 5.92 Å². The molecule has 2 aromatic carbocycles. The Morgan fingerprint density at radius 3 is 2.28 bits per heavy atom. The predicted molar refractivity (Wildman–Crippen MR) is 134 cm³/mol. The minimum Gasteiger partial charge on any atom is -0.256 e. The van der Waals surface area contributed by atoms with Crippen LogP contribution in [-0.2, 0) is 11.8 Å². The van der Waals surface area contributed by atoms with Crippen molar-refractivity contribution < 1.29 is 4.39 Å². The van der Waals surface area contributed by atoms with E-state index in [0.717, 1.165) is 35.4 Å². The molecule has 4 rings (SSSR count). The molecule has 0 N–H and O–H groups in total. The van der Waals surface area contributed by atoms with Gasteiger partial charge in [0.05, 0.1) is 11.4 Å². The number of halogens is 1. The number of benzene rings is 2. The van der Waals surface area contributed by atoms with E-state index in [-0.39, 0.29) is 17.2 Å². The zero-order chi connectivity index (χ0) is 23.0. The van der Waals surface area contributed by atoms with E-state index in [2.05, 4.69) is 78.0 Å². The molecular formula is C30H34FN. The van der Waals surface area contributed by atoms with Gasteiger partial charge in [0.1, 0.15) is 5.82 Å². The van der Waals surface area contributed by atoms with E-state index < -0.39 is 0 Å². The molecule has 1 aromatic heterocycles. The van der Waals surface area contributed by atoms with Crippen LogP contribution < -0.4 is 0 Å². The van der Waals surface area contributed by atoms with Gasteiger partial charge in [0.25, 0.3) is 0 Å². The number of rotatable bonds is 4. The fraction of sp³-hybridized carbons (Fsp3) is 0.367. The maximum atomic E-state index is 13.9. The first-order valence-electron chi connectivity index (χ1n) is 11.8. The average molecular weight is 428 g/mol. The standard InChI is InChI=1S/C30H34FN/c1-19(2)11-16-25-26(22-12-14-23(31)15-13-22)27-24-10-8-7-9-21(24)17-18-30(5,6)29(27)32-28(25)20(3)4/h7-16,19-20H,17-18H2,1-6H3/b16-11+. The minimum absolute atomic E-state index is 0.0624. The number of hydrogen-bond donors (Lipinski definition) is 0. The third kappa shape index (κ3) is 4.16. The fourth-order valence-corrected chi connectivity index (χ4v) is 4.73. The molecule has 0 bridgehead atoms. The molecule has 0 spiro atoms. The van der Waals surface area contributed by atoms with Crippen molar-refractivity contribution in [3.05, 3.63) is 82.9 Å². The number of fused-ring (bicyclic) bond motifs is 3. The van der Waals surface area contributed by atoms with Crippen LogP contribution >= 0.6 is 0 Å². The van der Waals surface area contributed by atoms with Crippen molar-refractivity contribution in [2.45, 2.75) is 65.7 Å². The summed E-state index contributed by atoms with van der Waals surface area (Å²) < 4.78 is 13.9. The molecule has 1 aliphatic carbocycles. The van der Waals surface area contributed by atoms with Gasteiger partial charge in [0, 0.05) is 22.1 Å². The number of pyridine rings is 1. The lowest BCUT2D eigenvalue weighted by Crippen LogP contribution is -2.21. The number of nitrogens with zero attached hydrogens (tertiary/aromatic N) is 1. The van der Waals surface area contributed by atoms with Gasteiger partial charge in [-0.1, -0.05) is 90.1 Å². The number of aryl methyl sites for hydroxylation is 1. The van der Waals surface area contributed by atoms with Gasteiger partial charge in [-0.15, -0.1) is 0 Å². The molecule has 0 saturated carbocycles. The largest absolute Gasteiger partial charge is 0.256 e. The van der Waals surface area contributed by atoms with Crippen molar-refractivity contribution >= 4 is 6.08 Å². The van der Waals surface area contributed by atoms with E-state index in [9.17, 15) is 4.39 Å². The summed E-state index contributed by atoms with van der Waals surface area (Å²) in [6.07, 6.45) is 6.56. The summed E-state index contributed by atoms with van der Waals surface area (Å²) >= 11 is 0. The Morgan fingerprint density at radius 1 is 0.938 bits per heavy atom. The minimum atomic E-state index is -0.210. The van der Waals surface area contributed by atoms with Crippen LogP contribution in [0.1, 0.15) is 76.4 Å². The fourth-order valence-electron chi connectivity index (χ4n) is 4.73. The van der Waals surface area contributed by atoms with Crippen LogP contribution in [0.15, 0.2) is 54.6 Å². The number of hydrogen-bond acceptors (Lipinski definition) is 1. The summed E-state index contributed by atoms with van der Waals surface area (Å²) in [6.45, 7) is 13.4. The van der Waals surface area contributed by atoms with Gasteiger partial charge in [0.2, 0.25) is 0 Å². The Balaban J connectivity index is 2.20. The number of allylic oxidation sites excluding steroid dienone is 1. The highest BCUT2D eigenvalue weighted by atomic mass is 19.1. The van der Waals surface area contributed by atoms with Gasteiger partial charge in [-0.3, -0.25) is 4.98 Å². The van der Waals surface area contributed by atoms with Crippen molar-refractivity contribution in [3.8, 4) is 22.3 Å². The molecule has 0 fully saturated rings. The predicted octanol–water partition coefficient (Wildman–Crippen LogP) is 8.57. The van der Waals surface area contributed by atoms with Crippen molar-refractivity contribution in [2.75, 3.05) is 0 Å². The smallest absolute Gasteiger partial charge is 0.123 e. The molecule has 32 heavy (non-hydrogen) atoms. The SMILES string of the molecule is CC(C)/C=C/c1c(C(C)C)nc2c(c1-c1ccc(F)cc1)-c1ccccc1CCC2(C)C. The molecule has 3 aromatic rings. The van der Waals surface area contributed by atoms with Crippen LogP contribution in [0.5, 0.6) is 0 Å². The van der Waals surface area contributed by atoms with Gasteiger partial charge in [-0.2, -0.15) is 0 Å². The lowest BCUT2D eigenvalue weighted by Gasteiger charge is -2.29. The molecule has 2 heteroatoms. The van der Waals surface area contributed by atoms with E-state index in [4.69, 9.17) is 4.98 Å². The van der Waals surface area contributed by atoms with Gasteiger partial charge in [0.15, 0.2) is 0 Å². The second-order valence-electron chi connectivity index (χ2n) is 10.3. The highest BCUT2D eigenvalue weighted by molar-refractivity contribution is 5.93. The first-order chi connectivity index (χ1) is 15.2. The first-order valence-corrected chi connectivity index (χ1v) is 11.8. The van der Waals surface area contributed by atoms with Gasteiger partial charge in [-0.05, 0) is 53.5 Å². The maximum absolute atomic E-state index is 13.9. The normalized spacial score (nSPS) is 15.2. The van der Waals surface area contributed by atoms with Crippen LogP contribution in [0.4, 0.5) is 4.39 Å². The quantitative estimate of drug-likeness (QED) is 0.406. The highest BCUT2D eigenvalue weighted by Crippen LogP contribution is 2.48. The monoisotopic (exact) mass is 427 g/mol. The van der Waals surface area contributed by atoms with Crippen LogP contribution in [0.25, 0.3) is 28.3 Å². The lowest BCUT2D eigenvalue weighted by molar-refractivity contribution is 0.469. The van der Waals surface area contributed by atoms with E-state index in [1.165, 1.54) is 22.3 Å². The van der Waals surface area contributed by atoms with Gasteiger partial charge < -0.3 is 0 Å². The summed E-state index contributed by atoms with van der Waals surface area (Å²) in [7, 11) is 0. The topological polar surface area (TPSA) is 12.9 Å². The van der Waals surface area contributed by atoms with Gasteiger partial charge >= 0.3 is 0 Å². The van der Waals surface area contributed by atoms with Crippen molar-refractivity contribution in [1.29, 1.82) is 0 Å². The molecule has 0 saturated heterocycles. The number of aromatic nitrogens is 1. The van der Waals surface area contributed by atoms with Crippen molar-refractivity contribution in [3.63, 3.8) is 0 Å². The van der Waals surface area contributed by atoms with E-state index in [0.29, 0.717) is 5.92 Å². The second kappa shape index (κ2) is 8.65. The van der Waals surface area contributed by atoms with Crippen molar-refractivity contribution in [1.82, 2.24) is 4.98 Å². The zero-order valence-corrected chi connectivity index (χ0v) is 20.2. The van der Waals surface area contributed by atoms with Crippen LogP contribution in [0.3, 0.4) is 0 Å². The van der Waals surface area contributed by atoms with Gasteiger partial charge in [-0.25, -0.2) is 4.39 Å². The Hall–Kier alpha value is -2.74. The molecule has 1 heterocycles. The maximum Gasteiger partial charge on any atom is 0.123 e. The molecule has 1 nitrogen and oxygen atoms in total.